The number of amides is 1. The molecule has 4 heteroatoms. The Hall–Kier alpha value is -1.65. The normalized spacial score (nSPS) is 24.0. The van der Waals surface area contributed by atoms with E-state index in [0.29, 0.717) is 5.91 Å². The molecule has 2 saturated heterocycles. The van der Waals surface area contributed by atoms with Gasteiger partial charge in [0.05, 0.1) is 5.92 Å². The van der Waals surface area contributed by atoms with Gasteiger partial charge in [-0.05, 0) is 47.2 Å². The highest BCUT2D eigenvalue weighted by atomic mass is 32.1. The molecule has 2 aromatic rings. The van der Waals surface area contributed by atoms with Gasteiger partial charge >= 0.3 is 0 Å². The van der Waals surface area contributed by atoms with Crippen LogP contribution < -0.4 is 0 Å². The average Bonchev–Trinajstić information content (AvgIpc) is 3.21. The second-order valence-corrected chi connectivity index (χ2v) is 7.98. The van der Waals surface area contributed by atoms with Crippen LogP contribution in [0.3, 0.4) is 0 Å². The number of likely N-dealkylation sites (N-methyl/N-ethyl adjacent to an activating group) is 1. The highest BCUT2D eigenvalue weighted by Crippen LogP contribution is 2.44. The maximum absolute atomic E-state index is 12.8. The monoisotopic (exact) mass is 340 g/mol. The van der Waals surface area contributed by atoms with Gasteiger partial charge in [-0.2, -0.15) is 11.3 Å². The number of piperidine rings is 1. The van der Waals surface area contributed by atoms with Crippen molar-refractivity contribution >= 4 is 17.2 Å². The van der Waals surface area contributed by atoms with Gasteiger partial charge in [0.1, 0.15) is 0 Å². The molecule has 2 aliphatic rings. The second-order valence-electron chi connectivity index (χ2n) is 7.20. The Morgan fingerprint density at radius 2 is 1.92 bits per heavy atom. The summed E-state index contributed by atoms with van der Waals surface area (Å²) in [5.41, 5.74) is 2.64. The van der Waals surface area contributed by atoms with Crippen LogP contribution in [0.5, 0.6) is 0 Å². The molecule has 0 unspecified atom stereocenters. The molecule has 3 nitrogen and oxygen atoms in total. The molecule has 2 aliphatic heterocycles. The largest absolute Gasteiger partial charge is 0.339 e. The molecule has 1 amide bonds. The van der Waals surface area contributed by atoms with Gasteiger partial charge in [-0.25, -0.2) is 0 Å². The highest BCUT2D eigenvalue weighted by molar-refractivity contribution is 7.07. The first-order valence-electron chi connectivity index (χ1n) is 8.74. The fourth-order valence-corrected chi connectivity index (χ4v) is 4.99. The van der Waals surface area contributed by atoms with E-state index < -0.39 is 0 Å². The van der Waals surface area contributed by atoms with Gasteiger partial charge in [0.2, 0.25) is 5.91 Å². The zero-order chi connectivity index (χ0) is 16.6. The van der Waals surface area contributed by atoms with Gasteiger partial charge in [-0.15, -0.1) is 0 Å². The van der Waals surface area contributed by atoms with Crippen LogP contribution in [0.15, 0.2) is 47.2 Å². The van der Waals surface area contributed by atoms with Crippen LogP contribution in [-0.4, -0.2) is 41.4 Å². The summed E-state index contributed by atoms with van der Waals surface area (Å²) in [5.74, 6) is 0.340. The fourth-order valence-electron chi connectivity index (χ4n) is 4.33. The molecule has 1 atom stereocenters. The molecule has 24 heavy (non-hydrogen) atoms. The first kappa shape index (κ1) is 15.9. The summed E-state index contributed by atoms with van der Waals surface area (Å²) < 4.78 is 0. The van der Waals surface area contributed by atoms with E-state index in [1.54, 1.807) is 11.3 Å². The molecule has 0 N–H and O–H groups in total. The summed E-state index contributed by atoms with van der Waals surface area (Å²) in [7, 11) is 2.01. The third-order valence-corrected chi connectivity index (χ3v) is 6.63. The molecule has 126 valence electrons. The quantitative estimate of drug-likeness (QED) is 0.850. The first-order valence-corrected chi connectivity index (χ1v) is 9.68. The maximum atomic E-state index is 12.8. The highest BCUT2D eigenvalue weighted by Gasteiger charge is 2.50. The number of carbonyl (C=O) groups is 1. The van der Waals surface area contributed by atoms with Crippen molar-refractivity contribution in [1.82, 2.24) is 9.80 Å². The molecule has 1 spiro atoms. The third-order valence-electron chi connectivity index (χ3n) is 5.90. The molecule has 0 radical (unpaired) electrons. The topological polar surface area (TPSA) is 23.6 Å². The van der Waals surface area contributed by atoms with Gasteiger partial charge in [0.25, 0.3) is 0 Å². The molecule has 1 aromatic carbocycles. The van der Waals surface area contributed by atoms with Gasteiger partial charge < -0.3 is 4.90 Å². The van der Waals surface area contributed by atoms with E-state index in [9.17, 15) is 4.79 Å². The van der Waals surface area contributed by atoms with E-state index in [2.05, 4.69) is 38.8 Å². The molecular weight excluding hydrogens is 316 g/mol. The summed E-state index contributed by atoms with van der Waals surface area (Å²) in [6.07, 6.45) is 3.14. The van der Waals surface area contributed by atoms with E-state index in [0.717, 1.165) is 38.9 Å². The lowest BCUT2D eigenvalue weighted by atomic mass is 9.81. The van der Waals surface area contributed by atoms with Crippen LogP contribution in [0.4, 0.5) is 0 Å². The summed E-state index contributed by atoms with van der Waals surface area (Å²) in [6.45, 7) is 3.20. The fraction of sp³-hybridized carbons (Fsp3) is 0.450. The Balaban J connectivity index is 1.45. The van der Waals surface area contributed by atoms with Crippen LogP contribution in [0, 0.1) is 0 Å². The smallest absolute Gasteiger partial charge is 0.230 e. The van der Waals surface area contributed by atoms with Crippen molar-refractivity contribution in [3.05, 3.63) is 58.3 Å². The minimum Gasteiger partial charge on any atom is -0.339 e. The SMILES string of the molecule is CN1C(=O)[C@H](c2ccccc2)CC12CCN(Cc1ccsc1)CC2. The number of hydrogen-bond acceptors (Lipinski definition) is 3. The lowest BCUT2D eigenvalue weighted by Gasteiger charge is -2.43. The molecule has 0 aliphatic carbocycles. The number of rotatable bonds is 3. The van der Waals surface area contributed by atoms with E-state index in [-0.39, 0.29) is 11.5 Å². The molecule has 3 heterocycles. The van der Waals surface area contributed by atoms with Crippen LogP contribution in [0.2, 0.25) is 0 Å². The van der Waals surface area contributed by atoms with Gasteiger partial charge in [0.15, 0.2) is 0 Å². The number of benzene rings is 1. The Labute approximate surface area is 147 Å². The minimum atomic E-state index is 0.0413. The first-order chi connectivity index (χ1) is 11.7. The van der Waals surface area contributed by atoms with Crippen molar-refractivity contribution in [2.24, 2.45) is 0 Å². The molecule has 4 rings (SSSR count). The van der Waals surface area contributed by atoms with Crippen LogP contribution in [0.25, 0.3) is 0 Å². The number of likely N-dealkylation sites (tertiary alicyclic amines) is 2. The summed E-state index contributed by atoms with van der Waals surface area (Å²) in [5, 5.41) is 4.38. The van der Waals surface area contributed by atoms with Crippen molar-refractivity contribution in [2.45, 2.75) is 37.3 Å². The minimum absolute atomic E-state index is 0.0413. The molecule has 0 saturated carbocycles. The van der Waals surface area contributed by atoms with Crippen molar-refractivity contribution in [1.29, 1.82) is 0 Å². The summed E-state index contributed by atoms with van der Waals surface area (Å²) >= 11 is 1.77. The molecule has 1 aromatic heterocycles. The van der Waals surface area contributed by atoms with E-state index in [1.165, 1.54) is 11.1 Å². The zero-order valence-electron chi connectivity index (χ0n) is 14.1. The number of carbonyl (C=O) groups excluding carboxylic acids is 1. The van der Waals surface area contributed by atoms with Crippen LogP contribution >= 0.6 is 11.3 Å². The van der Waals surface area contributed by atoms with Gasteiger partial charge in [0, 0.05) is 32.2 Å². The third kappa shape index (κ3) is 2.78. The molecular formula is C20H24N2OS. The Kier molecular flexibility index (Phi) is 4.19. The van der Waals surface area contributed by atoms with Crippen molar-refractivity contribution in [2.75, 3.05) is 20.1 Å². The molecule has 2 fully saturated rings. The van der Waals surface area contributed by atoms with Crippen molar-refractivity contribution in [3.8, 4) is 0 Å². The van der Waals surface area contributed by atoms with E-state index >= 15 is 0 Å². The summed E-state index contributed by atoms with van der Waals surface area (Å²) in [4.78, 5) is 17.4. The lowest BCUT2D eigenvalue weighted by Crippen LogP contribution is -2.51. The Morgan fingerprint density at radius 1 is 1.17 bits per heavy atom. The molecule has 0 bridgehead atoms. The number of thiophene rings is 1. The average molecular weight is 340 g/mol. The van der Waals surface area contributed by atoms with Crippen LogP contribution in [-0.2, 0) is 11.3 Å². The van der Waals surface area contributed by atoms with Crippen molar-refractivity contribution in [3.63, 3.8) is 0 Å². The lowest BCUT2D eigenvalue weighted by molar-refractivity contribution is -0.131. The van der Waals surface area contributed by atoms with Crippen LogP contribution in [0.1, 0.15) is 36.3 Å². The number of hydrogen-bond donors (Lipinski definition) is 0. The standard InChI is InChI=1S/C20H24N2OS/c1-21-19(23)18(17-5-3-2-4-6-17)13-20(21)8-10-22(11-9-20)14-16-7-12-24-15-16/h2-7,12,15,18H,8-11,13-14H2,1H3/t18-/m0/s1. The zero-order valence-corrected chi connectivity index (χ0v) is 15.0. The van der Waals surface area contributed by atoms with Crippen molar-refractivity contribution < 1.29 is 4.79 Å². The van der Waals surface area contributed by atoms with Gasteiger partial charge in [-0.3, -0.25) is 9.69 Å². The Morgan fingerprint density at radius 3 is 2.58 bits per heavy atom. The predicted molar refractivity (Wildman–Crippen MR) is 98.1 cm³/mol. The van der Waals surface area contributed by atoms with E-state index in [4.69, 9.17) is 0 Å². The number of nitrogens with zero attached hydrogens (tertiary/aromatic N) is 2. The van der Waals surface area contributed by atoms with Gasteiger partial charge in [-0.1, -0.05) is 30.3 Å². The van der Waals surface area contributed by atoms with E-state index in [1.807, 2.05) is 25.2 Å². The predicted octanol–water partition coefficient (Wildman–Crippen LogP) is 3.73. The maximum Gasteiger partial charge on any atom is 0.230 e. The summed E-state index contributed by atoms with van der Waals surface area (Å²) in [6, 6.07) is 12.5. The Bertz CT molecular complexity index is 690. The second kappa shape index (κ2) is 6.34.